The summed E-state index contributed by atoms with van der Waals surface area (Å²) >= 11 is 0. The van der Waals surface area contributed by atoms with Gasteiger partial charge in [0.15, 0.2) is 0 Å². The number of carbonyl (C=O) groups excluding carboxylic acids is 1. The second kappa shape index (κ2) is 6.76. The molecule has 5 nitrogen and oxygen atoms in total. The first-order valence-electron chi connectivity index (χ1n) is 6.48. The van der Waals surface area contributed by atoms with Crippen LogP contribution in [0.4, 0.5) is 5.69 Å². The molecule has 1 amide bonds. The average Bonchev–Trinajstić information content (AvgIpc) is 2.54. The molecule has 0 aliphatic heterocycles. The van der Waals surface area contributed by atoms with Gasteiger partial charge in [0.25, 0.3) is 0 Å². The van der Waals surface area contributed by atoms with Gasteiger partial charge in [-0.15, -0.1) is 0 Å². The van der Waals surface area contributed by atoms with Crippen LogP contribution in [0.5, 0.6) is 11.5 Å². The maximum Gasteiger partial charge on any atom is 0.245 e. The quantitative estimate of drug-likeness (QED) is 0.884. The third-order valence-corrected chi connectivity index (χ3v) is 3.06. The van der Waals surface area contributed by atoms with Crippen molar-refractivity contribution in [1.82, 2.24) is 0 Å². The lowest BCUT2D eigenvalue weighted by atomic mass is 10.1. The molecule has 5 heteroatoms. The van der Waals surface area contributed by atoms with E-state index in [1.165, 1.54) is 0 Å². The fourth-order valence-corrected chi connectivity index (χ4v) is 1.91. The van der Waals surface area contributed by atoms with E-state index in [1.807, 2.05) is 30.3 Å². The highest BCUT2D eigenvalue weighted by Crippen LogP contribution is 2.26. The number of hydrogen-bond donors (Lipinski definition) is 2. The number of nitrogens with two attached hydrogens (primary N) is 1. The fourth-order valence-electron chi connectivity index (χ4n) is 1.91. The van der Waals surface area contributed by atoms with Gasteiger partial charge in [-0.3, -0.25) is 4.79 Å². The Morgan fingerprint density at radius 3 is 2.14 bits per heavy atom. The van der Waals surface area contributed by atoms with E-state index >= 15 is 0 Å². The molecule has 2 aromatic carbocycles. The van der Waals surface area contributed by atoms with E-state index in [0.29, 0.717) is 17.2 Å². The Kier molecular flexibility index (Phi) is 4.79. The molecule has 0 aromatic heterocycles. The molecular formula is C16H18N2O3. The van der Waals surface area contributed by atoms with E-state index in [0.717, 1.165) is 5.56 Å². The summed E-state index contributed by atoms with van der Waals surface area (Å²) in [5.74, 6) is 0.896. The molecule has 0 aliphatic rings. The van der Waals surface area contributed by atoms with Gasteiger partial charge in [-0.2, -0.15) is 0 Å². The molecule has 1 atom stereocenters. The van der Waals surface area contributed by atoms with Crippen LogP contribution in [0.2, 0.25) is 0 Å². The molecule has 0 aliphatic carbocycles. The summed E-state index contributed by atoms with van der Waals surface area (Å²) in [6.07, 6.45) is 0. The molecule has 0 fully saturated rings. The Balaban J connectivity index is 2.16. The maximum atomic E-state index is 12.2. The highest BCUT2D eigenvalue weighted by molar-refractivity contribution is 5.95. The zero-order valence-corrected chi connectivity index (χ0v) is 12.0. The summed E-state index contributed by atoms with van der Waals surface area (Å²) in [5.41, 5.74) is 7.28. The molecule has 0 spiro atoms. The summed E-state index contributed by atoms with van der Waals surface area (Å²) in [4.78, 5) is 12.2. The van der Waals surface area contributed by atoms with Crippen molar-refractivity contribution in [3.63, 3.8) is 0 Å². The van der Waals surface area contributed by atoms with Crippen molar-refractivity contribution in [2.45, 2.75) is 6.04 Å². The molecule has 0 heterocycles. The second-order valence-corrected chi connectivity index (χ2v) is 4.48. The normalized spacial score (nSPS) is 11.6. The number of ether oxygens (including phenoxy) is 2. The lowest BCUT2D eigenvalue weighted by Crippen LogP contribution is -2.27. The third-order valence-electron chi connectivity index (χ3n) is 3.06. The molecule has 3 N–H and O–H groups in total. The van der Waals surface area contributed by atoms with Gasteiger partial charge in [0.2, 0.25) is 5.91 Å². The topological polar surface area (TPSA) is 73.6 Å². The summed E-state index contributed by atoms with van der Waals surface area (Å²) in [7, 11) is 3.10. The Hall–Kier alpha value is -2.53. The lowest BCUT2D eigenvalue weighted by Gasteiger charge is -2.14. The van der Waals surface area contributed by atoms with Crippen LogP contribution in [0, 0.1) is 0 Å². The number of benzene rings is 2. The van der Waals surface area contributed by atoms with Gasteiger partial charge in [-0.05, 0) is 5.56 Å². The number of anilines is 1. The van der Waals surface area contributed by atoms with Crippen molar-refractivity contribution in [2.24, 2.45) is 5.73 Å². The maximum absolute atomic E-state index is 12.2. The van der Waals surface area contributed by atoms with Gasteiger partial charge in [0, 0.05) is 23.9 Å². The predicted octanol–water partition coefficient (Wildman–Crippen LogP) is 2.34. The van der Waals surface area contributed by atoms with Gasteiger partial charge in [-0.25, -0.2) is 0 Å². The zero-order valence-electron chi connectivity index (χ0n) is 12.0. The number of amides is 1. The molecule has 0 radical (unpaired) electrons. The van der Waals surface area contributed by atoms with Gasteiger partial charge in [0.05, 0.1) is 14.2 Å². The van der Waals surface area contributed by atoms with Crippen LogP contribution in [-0.2, 0) is 4.79 Å². The van der Waals surface area contributed by atoms with Crippen LogP contribution < -0.4 is 20.5 Å². The molecule has 0 saturated carbocycles. The molecule has 21 heavy (non-hydrogen) atoms. The van der Waals surface area contributed by atoms with Gasteiger partial charge >= 0.3 is 0 Å². The number of rotatable bonds is 5. The van der Waals surface area contributed by atoms with Gasteiger partial charge in [0.1, 0.15) is 17.5 Å². The molecule has 0 bridgehead atoms. The molecule has 0 saturated heterocycles. The molecular weight excluding hydrogens is 268 g/mol. The summed E-state index contributed by atoms with van der Waals surface area (Å²) in [6.45, 7) is 0. The fraction of sp³-hybridized carbons (Fsp3) is 0.188. The van der Waals surface area contributed by atoms with Crippen molar-refractivity contribution < 1.29 is 14.3 Å². The van der Waals surface area contributed by atoms with E-state index in [9.17, 15) is 4.79 Å². The van der Waals surface area contributed by atoms with Crippen LogP contribution >= 0.6 is 0 Å². The predicted molar refractivity (Wildman–Crippen MR) is 81.5 cm³/mol. The second-order valence-electron chi connectivity index (χ2n) is 4.48. The largest absolute Gasteiger partial charge is 0.497 e. The first kappa shape index (κ1) is 14.9. The average molecular weight is 286 g/mol. The first-order chi connectivity index (χ1) is 10.1. The van der Waals surface area contributed by atoms with Gasteiger partial charge in [-0.1, -0.05) is 30.3 Å². The summed E-state index contributed by atoms with van der Waals surface area (Å²) in [6, 6.07) is 13.6. The Labute approximate surface area is 123 Å². The Morgan fingerprint density at radius 2 is 1.62 bits per heavy atom. The summed E-state index contributed by atoms with van der Waals surface area (Å²) < 4.78 is 10.3. The van der Waals surface area contributed by atoms with Crippen LogP contribution in [-0.4, -0.2) is 20.1 Å². The van der Waals surface area contributed by atoms with Crippen LogP contribution in [0.1, 0.15) is 11.6 Å². The smallest absolute Gasteiger partial charge is 0.245 e. The number of nitrogens with one attached hydrogen (secondary N) is 1. The SMILES string of the molecule is COc1cc(NC(=O)[C@H](N)c2ccccc2)cc(OC)c1. The number of carbonyl (C=O) groups is 1. The van der Waals surface area contributed by atoms with Crippen molar-refractivity contribution in [3.05, 3.63) is 54.1 Å². The van der Waals surface area contributed by atoms with Gasteiger partial charge < -0.3 is 20.5 Å². The molecule has 2 rings (SSSR count). The Bertz CT molecular complexity index is 592. The highest BCUT2D eigenvalue weighted by Gasteiger charge is 2.16. The van der Waals surface area contributed by atoms with E-state index in [4.69, 9.17) is 15.2 Å². The number of methoxy groups -OCH3 is 2. The summed E-state index contributed by atoms with van der Waals surface area (Å²) in [5, 5.41) is 2.77. The van der Waals surface area contributed by atoms with Crippen molar-refractivity contribution in [3.8, 4) is 11.5 Å². The number of hydrogen-bond acceptors (Lipinski definition) is 4. The minimum atomic E-state index is -0.733. The van der Waals surface area contributed by atoms with Crippen LogP contribution in [0.15, 0.2) is 48.5 Å². The van der Waals surface area contributed by atoms with Crippen LogP contribution in [0.25, 0.3) is 0 Å². The minimum absolute atomic E-state index is 0.295. The molecule has 110 valence electrons. The Morgan fingerprint density at radius 1 is 1.05 bits per heavy atom. The van der Waals surface area contributed by atoms with E-state index < -0.39 is 6.04 Å². The van der Waals surface area contributed by atoms with Crippen molar-refractivity contribution >= 4 is 11.6 Å². The molecule has 0 unspecified atom stereocenters. The van der Waals surface area contributed by atoms with Crippen molar-refractivity contribution in [1.29, 1.82) is 0 Å². The van der Waals surface area contributed by atoms with Crippen LogP contribution in [0.3, 0.4) is 0 Å². The highest BCUT2D eigenvalue weighted by atomic mass is 16.5. The first-order valence-corrected chi connectivity index (χ1v) is 6.48. The lowest BCUT2D eigenvalue weighted by molar-refractivity contribution is -0.117. The standard InChI is InChI=1S/C16H18N2O3/c1-20-13-8-12(9-14(10-13)21-2)18-16(19)15(17)11-6-4-3-5-7-11/h3-10,15H,17H2,1-2H3,(H,18,19)/t15-/m1/s1. The third kappa shape index (κ3) is 3.73. The van der Waals surface area contributed by atoms with Crippen molar-refractivity contribution in [2.75, 3.05) is 19.5 Å². The zero-order chi connectivity index (χ0) is 15.2. The van der Waals surface area contributed by atoms with E-state index in [2.05, 4.69) is 5.32 Å². The van der Waals surface area contributed by atoms with E-state index in [1.54, 1.807) is 32.4 Å². The minimum Gasteiger partial charge on any atom is -0.497 e. The van der Waals surface area contributed by atoms with E-state index in [-0.39, 0.29) is 5.91 Å². The molecule has 2 aromatic rings. The monoisotopic (exact) mass is 286 g/mol.